The number of rotatable bonds is 7. The third-order valence-corrected chi connectivity index (χ3v) is 2.20. The number of hydrogen-bond acceptors (Lipinski definition) is 2. The minimum Gasteiger partial charge on any atom is -0.444 e. The van der Waals surface area contributed by atoms with Gasteiger partial charge in [-0.2, -0.15) is 0 Å². The van der Waals surface area contributed by atoms with Crippen molar-refractivity contribution >= 4 is 6.09 Å². The molecular weight excluding hydrogens is 202 g/mol. The highest BCUT2D eigenvalue weighted by molar-refractivity contribution is 5.67. The van der Waals surface area contributed by atoms with Gasteiger partial charge in [0.1, 0.15) is 5.60 Å². The van der Waals surface area contributed by atoms with Gasteiger partial charge in [-0.25, -0.2) is 4.79 Å². The minimum atomic E-state index is -0.398. The lowest BCUT2D eigenvalue weighted by atomic mass is 10.1. The van der Waals surface area contributed by atoms with Gasteiger partial charge in [-0.1, -0.05) is 39.0 Å². The molecule has 0 bridgehead atoms. The van der Waals surface area contributed by atoms with Gasteiger partial charge >= 0.3 is 6.09 Å². The molecule has 0 unspecified atom stereocenters. The molecule has 0 aromatic heterocycles. The third-order valence-electron chi connectivity index (χ3n) is 2.20. The van der Waals surface area contributed by atoms with Crippen LogP contribution < -0.4 is 5.32 Å². The van der Waals surface area contributed by atoms with E-state index in [1.54, 1.807) is 0 Å². The van der Waals surface area contributed by atoms with Crippen molar-refractivity contribution in [3.63, 3.8) is 0 Å². The van der Waals surface area contributed by atoms with Gasteiger partial charge in [0.15, 0.2) is 0 Å². The predicted octanol–water partition coefficient (Wildman–Crippen LogP) is 3.87. The quantitative estimate of drug-likeness (QED) is 0.673. The molecular formula is C13H27NO2. The molecule has 0 rings (SSSR count). The Balaban J connectivity index is 3.28. The molecule has 0 radical (unpaired) electrons. The second-order valence-corrected chi connectivity index (χ2v) is 5.20. The van der Waals surface area contributed by atoms with Gasteiger partial charge in [0.05, 0.1) is 0 Å². The second kappa shape index (κ2) is 8.43. The molecule has 3 heteroatoms. The van der Waals surface area contributed by atoms with Crippen molar-refractivity contribution in [1.82, 2.24) is 5.32 Å². The van der Waals surface area contributed by atoms with Crippen LogP contribution >= 0.6 is 0 Å². The van der Waals surface area contributed by atoms with E-state index in [0.29, 0.717) is 0 Å². The molecule has 0 heterocycles. The van der Waals surface area contributed by atoms with E-state index in [1.807, 2.05) is 20.8 Å². The monoisotopic (exact) mass is 229 g/mol. The van der Waals surface area contributed by atoms with E-state index in [2.05, 4.69) is 12.2 Å². The first kappa shape index (κ1) is 15.3. The molecule has 0 fully saturated rings. The molecule has 16 heavy (non-hydrogen) atoms. The summed E-state index contributed by atoms with van der Waals surface area (Å²) in [5, 5.41) is 2.77. The van der Waals surface area contributed by atoms with Gasteiger partial charge in [0.2, 0.25) is 0 Å². The number of carbonyl (C=O) groups excluding carboxylic acids is 1. The summed E-state index contributed by atoms with van der Waals surface area (Å²) in [5.41, 5.74) is -0.398. The van der Waals surface area contributed by atoms with E-state index >= 15 is 0 Å². The molecule has 3 nitrogen and oxygen atoms in total. The maximum absolute atomic E-state index is 11.3. The Bertz CT molecular complexity index is 185. The lowest BCUT2D eigenvalue weighted by Crippen LogP contribution is -2.32. The van der Waals surface area contributed by atoms with Crippen molar-refractivity contribution in [2.45, 2.75) is 71.8 Å². The van der Waals surface area contributed by atoms with Crippen molar-refractivity contribution in [2.75, 3.05) is 6.54 Å². The fourth-order valence-electron chi connectivity index (χ4n) is 1.41. The van der Waals surface area contributed by atoms with E-state index in [4.69, 9.17) is 4.74 Å². The third kappa shape index (κ3) is 11.3. The predicted molar refractivity (Wildman–Crippen MR) is 67.6 cm³/mol. The summed E-state index contributed by atoms with van der Waals surface area (Å²) in [6.45, 7) is 8.55. The van der Waals surface area contributed by atoms with Crippen LogP contribution in [0.15, 0.2) is 0 Å². The molecule has 1 amide bonds. The van der Waals surface area contributed by atoms with E-state index in [1.165, 1.54) is 32.1 Å². The Morgan fingerprint density at radius 3 is 2.19 bits per heavy atom. The first-order valence-corrected chi connectivity index (χ1v) is 6.42. The SMILES string of the molecule is CCCCCCCCNC(=O)OC(C)(C)C. The number of nitrogens with one attached hydrogen (secondary N) is 1. The highest BCUT2D eigenvalue weighted by Crippen LogP contribution is 2.07. The van der Waals surface area contributed by atoms with E-state index in [-0.39, 0.29) is 6.09 Å². The summed E-state index contributed by atoms with van der Waals surface area (Å²) in [7, 11) is 0. The van der Waals surface area contributed by atoms with E-state index < -0.39 is 5.60 Å². The largest absolute Gasteiger partial charge is 0.444 e. The van der Waals surface area contributed by atoms with E-state index in [0.717, 1.165) is 13.0 Å². The normalized spacial score (nSPS) is 11.2. The molecule has 0 saturated heterocycles. The summed E-state index contributed by atoms with van der Waals surface area (Å²) < 4.78 is 5.13. The molecule has 0 aromatic rings. The molecule has 0 atom stereocenters. The summed E-state index contributed by atoms with van der Waals surface area (Å²) in [4.78, 5) is 11.3. The van der Waals surface area contributed by atoms with Crippen LogP contribution in [0.4, 0.5) is 4.79 Å². The lowest BCUT2D eigenvalue weighted by molar-refractivity contribution is 0.0527. The highest BCUT2D eigenvalue weighted by Gasteiger charge is 2.15. The van der Waals surface area contributed by atoms with Crippen molar-refractivity contribution in [3.8, 4) is 0 Å². The van der Waals surface area contributed by atoms with Crippen LogP contribution in [0, 0.1) is 0 Å². The summed E-state index contributed by atoms with van der Waals surface area (Å²) in [6, 6.07) is 0. The molecule has 0 aliphatic heterocycles. The standard InChI is InChI=1S/C13H27NO2/c1-5-6-7-8-9-10-11-14-12(15)16-13(2,3)4/h5-11H2,1-4H3,(H,14,15). The van der Waals surface area contributed by atoms with Crippen LogP contribution in [-0.4, -0.2) is 18.2 Å². The molecule has 0 spiro atoms. The molecule has 1 N–H and O–H groups in total. The van der Waals surface area contributed by atoms with Gasteiger partial charge in [-0.3, -0.25) is 0 Å². The molecule has 96 valence electrons. The van der Waals surface area contributed by atoms with Crippen LogP contribution in [-0.2, 0) is 4.74 Å². The van der Waals surface area contributed by atoms with Crippen molar-refractivity contribution in [2.24, 2.45) is 0 Å². The number of unbranched alkanes of at least 4 members (excludes halogenated alkanes) is 5. The Morgan fingerprint density at radius 2 is 1.62 bits per heavy atom. The molecule has 0 aromatic carbocycles. The zero-order valence-electron chi connectivity index (χ0n) is 11.3. The average molecular weight is 229 g/mol. The Hall–Kier alpha value is -0.730. The van der Waals surface area contributed by atoms with Crippen molar-refractivity contribution in [1.29, 1.82) is 0 Å². The average Bonchev–Trinajstić information content (AvgIpc) is 2.13. The smallest absolute Gasteiger partial charge is 0.407 e. The number of amides is 1. The Labute approximate surface area is 99.9 Å². The van der Waals surface area contributed by atoms with Gasteiger partial charge in [-0.15, -0.1) is 0 Å². The summed E-state index contributed by atoms with van der Waals surface area (Å²) >= 11 is 0. The van der Waals surface area contributed by atoms with Crippen LogP contribution in [0.2, 0.25) is 0 Å². The van der Waals surface area contributed by atoms with E-state index in [9.17, 15) is 4.79 Å². The lowest BCUT2D eigenvalue weighted by Gasteiger charge is -2.19. The van der Waals surface area contributed by atoms with Gasteiger partial charge in [0.25, 0.3) is 0 Å². The maximum Gasteiger partial charge on any atom is 0.407 e. The first-order valence-electron chi connectivity index (χ1n) is 6.42. The topological polar surface area (TPSA) is 38.3 Å². The highest BCUT2D eigenvalue weighted by atomic mass is 16.6. The molecule has 0 aliphatic carbocycles. The number of carbonyl (C=O) groups is 1. The fraction of sp³-hybridized carbons (Fsp3) is 0.923. The van der Waals surface area contributed by atoms with Gasteiger partial charge < -0.3 is 10.1 Å². The zero-order valence-corrected chi connectivity index (χ0v) is 11.3. The number of alkyl carbamates (subject to hydrolysis) is 1. The second-order valence-electron chi connectivity index (χ2n) is 5.20. The van der Waals surface area contributed by atoms with Gasteiger partial charge in [-0.05, 0) is 27.2 Å². The van der Waals surface area contributed by atoms with Crippen LogP contribution in [0.1, 0.15) is 66.2 Å². The Morgan fingerprint density at radius 1 is 1.06 bits per heavy atom. The van der Waals surface area contributed by atoms with Crippen LogP contribution in [0.5, 0.6) is 0 Å². The van der Waals surface area contributed by atoms with Crippen LogP contribution in [0.3, 0.4) is 0 Å². The first-order chi connectivity index (χ1) is 7.45. The van der Waals surface area contributed by atoms with Crippen LogP contribution in [0.25, 0.3) is 0 Å². The fourth-order valence-corrected chi connectivity index (χ4v) is 1.41. The Kier molecular flexibility index (Phi) is 8.04. The van der Waals surface area contributed by atoms with Gasteiger partial charge in [0, 0.05) is 6.54 Å². The van der Waals surface area contributed by atoms with Crippen molar-refractivity contribution in [3.05, 3.63) is 0 Å². The minimum absolute atomic E-state index is 0.305. The van der Waals surface area contributed by atoms with Crippen molar-refractivity contribution < 1.29 is 9.53 Å². The summed E-state index contributed by atoms with van der Waals surface area (Å²) in [5.74, 6) is 0. The number of ether oxygens (including phenoxy) is 1. The molecule has 0 aliphatic rings. The number of hydrogen-bond donors (Lipinski definition) is 1. The maximum atomic E-state index is 11.3. The zero-order chi connectivity index (χ0) is 12.4. The molecule has 0 saturated carbocycles. The summed E-state index contributed by atoms with van der Waals surface area (Å²) in [6.07, 6.45) is 7.10.